The van der Waals surface area contributed by atoms with Crippen LogP contribution in [0.15, 0.2) is 42.5 Å². The summed E-state index contributed by atoms with van der Waals surface area (Å²) in [5, 5.41) is 3.57. The number of para-hydroxylation sites is 1. The van der Waals surface area contributed by atoms with Gasteiger partial charge in [-0.15, -0.1) is 12.4 Å². The molecule has 0 amide bonds. The van der Waals surface area contributed by atoms with Crippen LogP contribution < -0.4 is 10.1 Å². The number of ether oxygens (including phenoxy) is 1. The van der Waals surface area contributed by atoms with Crippen molar-refractivity contribution in [1.82, 2.24) is 0 Å². The normalized spacial score (nSPS) is 16.2. The molecule has 3 rings (SSSR count). The molecule has 100 valence electrons. The topological polar surface area (TPSA) is 21.3 Å². The lowest BCUT2D eigenvalue weighted by atomic mass is 10.0. The van der Waals surface area contributed by atoms with E-state index in [2.05, 4.69) is 54.7 Å². The van der Waals surface area contributed by atoms with E-state index in [1.165, 1.54) is 22.4 Å². The molecule has 19 heavy (non-hydrogen) atoms. The third kappa shape index (κ3) is 2.54. The van der Waals surface area contributed by atoms with Crippen molar-refractivity contribution in [2.75, 3.05) is 12.4 Å². The van der Waals surface area contributed by atoms with Crippen LogP contribution in [0.25, 0.3) is 0 Å². The Labute approximate surface area is 120 Å². The average Bonchev–Trinajstić information content (AvgIpc) is 2.82. The minimum atomic E-state index is 0. The summed E-state index contributed by atoms with van der Waals surface area (Å²) in [6.07, 6.45) is 1.06. The van der Waals surface area contributed by atoms with Crippen LogP contribution in [-0.4, -0.2) is 7.11 Å². The molecule has 0 fully saturated rings. The summed E-state index contributed by atoms with van der Waals surface area (Å²) >= 11 is 0. The van der Waals surface area contributed by atoms with Gasteiger partial charge < -0.3 is 10.1 Å². The predicted molar refractivity (Wildman–Crippen MR) is 81.5 cm³/mol. The molecular formula is C16H18ClNO. The van der Waals surface area contributed by atoms with Gasteiger partial charge in [0.05, 0.1) is 13.2 Å². The monoisotopic (exact) mass is 275 g/mol. The molecule has 2 nitrogen and oxygen atoms in total. The van der Waals surface area contributed by atoms with Crippen LogP contribution in [-0.2, 0) is 6.42 Å². The second-order valence-electron chi connectivity index (χ2n) is 4.79. The van der Waals surface area contributed by atoms with E-state index in [1.807, 2.05) is 0 Å². The molecule has 0 aliphatic carbocycles. The minimum Gasteiger partial charge on any atom is -0.496 e. The molecule has 1 aliphatic heterocycles. The van der Waals surface area contributed by atoms with Crippen molar-refractivity contribution in [2.24, 2.45) is 0 Å². The van der Waals surface area contributed by atoms with Crippen LogP contribution in [0.4, 0.5) is 5.69 Å². The van der Waals surface area contributed by atoms with Gasteiger partial charge in [0.25, 0.3) is 0 Å². The maximum absolute atomic E-state index is 5.30. The molecule has 0 radical (unpaired) electrons. The lowest BCUT2D eigenvalue weighted by Crippen LogP contribution is -2.06. The highest BCUT2D eigenvalue weighted by Gasteiger charge is 2.21. The number of methoxy groups -OCH3 is 1. The van der Waals surface area contributed by atoms with E-state index in [0.29, 0.717) is 6.04 Å². The van der Waals surface area contributed by atoms with Gasteiger partial charge in [0.2, 0.25) is 0 Å². The Morgan fingerprint density at radius 1 is 1.16 bits per heavy atom. The molecule has 0 bridgehead atoms. The Morgan fingerprint density at radius 3 is 2.63 bits per heavy atom. The SMILES string of the molecule is COc1ccc(C2Cc3ccccc3N2)cc1C.Cl. The quantitative estimate of drug-likeness (QED) is 0.890. The summed E-state index contributed by atoms with van der Waals surface area (Å²) in [6, 6.07) is 15.3. The van der Waals surface area contributed by atoms with Crippen molar-refractivity contribution in [3.8, 4) is 5.75 Å². The number of halogens is 1. The molecule has 1 N–H and O–H groups in total. The van der Waals surface area contributed by atoms with Gasteiger partial charge in [-0.05, 0) is 42.2 Å². The van der Waals surface area contributed by atoms with Gasteiger partial charge in [-0.1, -0.05) is 30.3 Å². The molecule has 2 aromatic rings. The first-order valence-electron chi connectivity index (χ1n) is 6.27. The van der Waals surface area contributed by atoms with Gasteiger partial charge in [-0.25, -0.2) is 0 Å². The molecule has 1 heterocycles. The first-order valence-corrected chi connectivity index (χ1v) is 6.27. The van der Waals surface area contributed by atoms with Crippen LogP contribution >= 0.6 is 12.4 Å². The molecule has 1 atom stereocenters. The zero-order valence-corrected chi connectivity index (χ0v) is 12.0. The zero-order chi connectivity index (χ0) is 12.5. The van der Waals surface area contributed by atoms with Crippen LogP contribution in [0.5, 0.6) is 5.75 Å². The highest BCUT2D eigenvalue weighted by Crippen LogP contribution is 2.35. The second-order valence-corrected chi connectivity index (χ2v) is 4.79. The third-order valence-corrected chi connectivity index (χ3v) is 3.59. The zero-order valence-electron chi connectivity index (χ0n) is 11.1. The Kier molecular flexibility index (Phi) is 4.01. The second kappa shape index (κ2) is 5.54. The van der Waals surface area contributed by atoms with Crippen molar-refractivity contribution < 1.29 is 4.74 Å². The fraction of sp³-hybridized carbons (Fsp3) is 0.250. The Balaban J connectivity index is 0.00000133. The van der Waals surface area contributed by atoms with Crippen LogP contribution in [0.3, 0.4) is 0 Å². The largest absolute Gasteiger partial charge is 0.496 e. The van der Waals surface area contributed by atoms with Gasteiger partial charge in [-0.2, -0.15) is 0 Å². The smallest absolute Gasteiger partial charge is 0.121 e. The minimum absolute atomic E-state index is 0. The predicted octanol–water partition coefficient (Wildman–Crippen LogP) is 4.13. The number of aryl methyl sites for hydroxylation is 1. The highest BCUT2D eigenvalue weighted by molar-refractivity contribution is 5.85. The Bertz CT molecular complexity index is 558. The van der Waals surface area contributed by atoms with Gasteiger partial charge in [0.1, 0.15) is 5.75 Å². The van der Waals surface area contributed by atoms with Gasteiger partial charge in [0.15, 0.2) is 0 Å². The number of rotatable bonds is 2. The first-order chi connectivity index (χ1) is 8.78. The Morgan fingerprint density at radius 2 is 1.95 bits per heavy atom. The summed E-state index contributed by atoms with van der Waals surface area (Å²) < 4.78 is 5.30. The molecular weight excluding hydrogens is 258 g/mol. The standard InChI is InChI=1S/C16H17NO.ClH/c1-11-9-13(7-8-16(11)18-2)15-10-12-5-3-4-6-14(12)17-15;/h3-9,15,17H,10H2,1-2H3;1H. The maximum atomic E-state index is 5.30. The number of hydrogen-bond donors (Lipinski definition) is 1. The summed E-state index contributed by atoms with van der Waals surface area (Å²) in [5.74, 6) is 0.953. The molecule has 0 aromatic heterocycles. The summed E-state index contributed by atoms with van der Waals surface area (Å²) in [7, 11) is 1.71. The van der Waals surface area contributed by atoms with E-state index < -0.39 is 0 Å². The molecule has 2 aromatic carbocycles. The van der Waals surface area contributed by atoms with E-state index >= 15 is 0 Å². The molecule has 1 unspecified atom stereocenters. The van der Waals surface area contributed by atoms with Crippen molar-refractivity contribution in [1.29, 1.82) is 0 Å². The average molecular weight is 276 g/mol. The van der Waals surface area contributed by atoms with Crippen molar-refractivity contribution >= 4 is 18.1 Å². The Hall–Kier alpha value is -1.67. The van der Waals surface area contributed by atoms with Gasteiger partial charge in [-0.3, -0.25) is 0 Å². The van der Waals surface area contributed by atoms with Gasteiger partial charge >= 0.3 is 0 Å². The van der Waals surface area contributed by atoms with Crippen LogP contribution in [0.2, 0.25) is 0 Å². The molecule has 0 saturated carbocycles. The number of hydrogen-bond acceptors (Lipinski definition) is 2. The molecule has 3 heteroatoms. The highest BCUT2D eigenvalue weighted by atomic mass is 35.5. The summed E-state index contributed by atoms with van der Waals surface area (Å²) in [6.45, 7) is 2.09. The summed E-state index contributed by atoms with van der Waals surface area (Å²) in [5.41, 5.74) is 5.17. The van der Waals surface area contributed by atoms with E-state index in [0.717, 1.165) is 12.2 Å². The molecule has 0 spiro atoms. The number of nitrogens with one attached hydrogen (secondary N) is 1. The molecule has 1 aliphatic rings. The van der Waals surface area contributed by atoms with E-state index in [1.54, 1.807) is 7.11 Å². The fourth-order valence-electron chi connectivity index (χ4n) is 2.62. The summed E-state index contributed by atoms with van der Waals surface area (Å²) in [4.78, 5) is 0. The number of anilines is 1. The van der Waals surface area contributed by atoms with E-state index in [9.17, 15) is 0 Å². The first kappa shape index (κ1) is 13.8. The number of fused-ring (bicyclic) bond motifs is 1. The van der Waals surface area contributed by atoms with E-state index in [4.69, 9.17) is 4.74 Å². The lowest BCUT2D eigenvalue weighted by molar-refractivity contribution is 0.411. The van der Waals surface area contributed by atoms with Crippen molar-refractivity contribution in [2.45, 2.75) is 19.4 Å². The number of benzene rings is 2. The van der Waals surface area contributed by atoms with Crippen LogP contribution in [0.1, 0.15) is 22.7 Å². The van der Waals surface area contributed by atoms with Gasteiger partial charge in [0, 0.05) is 5.69 Å². The maximum Gasteiger partial charge on any atom is 0.121 e. The fourth-order valence-corrected chi connectivity index (χ4v) is 2.62. The van der Waals surface area contributed by atoms with Crippen LogP contribution in [0, 0.1) is 6.92 Å². The lowest BCUT2D eigenvalue weighted by Gasteiger charge is -2.14. The van der Waals surface area contributed by atoms with Crippen molar-refractivity contribution in [3.63, 3.8) is 0 Å². The third-order valence-electron chi connectivity index (χ3n) is 3.59. The van der Waals surface area contributed by atoms with E-state index in [-0.39, 0.29) is 12.4 Å². The van der Waals surface area contributed by atoms with Crippen molar-refractivity contribution in [3.05, 3.63) is 59.2 Å². The molecule has 0 saturated heterocycles.